The third-order valence-corrected chi connectivity index (χ3v) is 7.29. The SMILES string of the molecule is CN(C)S(=O)(=O)c1ccc(SCC(=O)N[C@H]2CCCc3ccccc32)nc1. The number of amides is 1. The molecule has 1 aromatic heterocycles. The highest BCUT2D eigenvalue weighted by molar-refractivity contribution is 7.99. The number of hydrogen-bond donors (Lipinski definition) is 1. The number of aromatic nitrogens is 1. The van der Waals surface area contributed by atoms with E-state index in [2.05, 4.69) is 22.4 Å². The molecule has 0 saturated carbocycles. The number of fused-ring (bicyclic) bond motifs is 1. The third kappa shape index (κ3) is 4.69. The predicted octanol–water partition coefficient (Wildman–Crippen LogP) is 2.62. The molecule has 0 saturated heterocycles. The summed E-state index contributed by atoms with van der Waals surface area (Å²) in [6.07, 6.45) is 4.40. The molecule has 1 heterocycles. The lowest BCUT2D eigenvalue weighted by Crippen LogP contribution is -2.32. The molecule has 1 aliphatic rings. The second-order valence-corrected chi connectivity index (χ2v) is 9.77. The van der Waals surface area contributed by atoms with Crippen molar-refractivity contribution in [2.45, 2.75) is 35.2 Å². The summed E-state index contributed by atoms with van der Waals surface area (Å²) in [4.78, 5) is 16.6. The van der Waals surface area contributed by atoms with Crippen LogP contribution in [0.15, 0.2) is 52.5 Å². The number of carbonyl (C=O) groups is 1. The predicted molar refractivity (Wildman–Crippen MR) is 106 cm³/mol. The smallest absolute Gasteiger partial charge is 0.244 e. The molecule has 0 bridgehead atoms. The van der Waals surface area contributed by atoms with E-state index in [1.54, 1.807) is 6.07 Å². The van der Waals surface area contributed by atoms with Crippen molar-refractivity contribution in [3.8, 4) is 0 Å². The largest absolute Gasteiger partial charge is 0.349 e. The van der Waals surface area contributed by atoms with Gasteiger partial charge in [0.15, 0.2) is 0 Å². The Hall–Kier alpha value is -1.90. The van der Waals surface area contributed by atoms with Crippen LogP contribution in [-0.4, -0.2) is 43.5 Å². The Morgan fingerprint density at radius 2 is 2.04 bits per heavy atom. The van der Waals surface area contributed by atoms with Crippen LogP contribution < -0.4 is 5.32 Å². The molecule has 2 aromatic rings. The fraction of sp³-hybridized carbons (Fsp3) is 0.368. The zero-order valence-electron chi connectivity index (χ0n) is 15.4. The molecule has 0 unspecified atom stereocenters. The molecule has 0 aliphatic heterocycles. The Bertz CT molecular complexity index is 912. The molecule has 0 fully saturated rings. The Kier molecular flexibility index (Phi) is 6.18. The van der Waals surface area contributed by atoms with E-state index in [0.29, 0.717) is 5.03 Å². The highest BCUT2D eigenvalue weighted by Crippen LogP contribution is 2.29. The molecule has 0 radical (unpaired) electrons. The lowest BCUT2D eigenvalue weighted by Gasteiger charge is -2.26. The molecule has 6 nitrogen and oxygen atoms in total. The zero-order valence-corrected chi connectivity index (χ0v) is 17.0. The number of hydrogen-bond acceptors (Lipinski definition) is 5. The van der Waals surface area contributed by atoms with Gasteiger partial charge in [0.2, 0.25) is 15.9 Å². The van der Waals surface area contributed by atoms with Crippen LogP contribution in [0.1, 0.15) is 30.0 Å². The van der Waals surface area contributed by atoms with Crippen molar-refractivity contribution in [2.75, 3.05) is 19.8 Å². The van der Waals surface area contributed by atoms with Gasteiger partial charge in [-0.15, -0.1) is 0 Å². The van der Waals surface area contributed by atoms with Gasteiger partial charge in [-0.2, -0.15) is 0 Å². The van der Waals surface area contributed by atoms with Crippen LogP contribution in [-0.2, 0) is 21.2 Å². The van der Waals surface area contributed by atoms with Crippen molar-refractivity contribution in [3.05, 3.63) is 53.7 Å². The molecule has 144 valence electrons. The monoisotopic (exact) mass is 405 g/mol. The lowest BCUT2D eigenvalue weighted by molar-refractivity contribution is -0.119. The van der Waals surface area contributed by atoms with Crippen LogP contribution in [0.4, 0.5) is 0 Å². The quantitative estimate of drug-likeness (QED) is 0.748. The van der Waals surface area contributed by atoms with Gasteiger partial charge in [0.05, 0.1) is 16.8 Å². The van der Waals surface area contributed by atoms with Gasteiger partial charge in [0, 0.05) is 20.3 Å². The minimum Gasteiger partial charge on any atom is -0.349 e. The van der Waals surface area contributed by atoms with Crippen LogP contribution in [0.2, 0.25) is 0 Å². The number of pyridine rings is 1. The van der Waals surface area contributed by atoms with E-state index in [-0.39, 0.29) is 22.6 Å². The fourth-order valence-electron chi connectivity index (χ4n) is 3.09. The summed E-state index contributed by atoms with van der Waals surface area (Å²) in [6, 6.07) is 11.4. The summed E-state index contributed by atoms with van der Waals surface area (Å²) < 4.78 is 25.2. The molecule has 3 rings (SSSR count). The first-order valence-electron chi connectivity index (χ1n) is 8.76. The topological polar surface area (TPSA) is 79.4 Å². The number of thioether (sulfide) groups is 1. The van der Waals surface area contributed by atoms with Crippen LogP contribution in [0.25, 0.3) is 0 Å². The minimum absolute atomic E-state index is 0.0477. The van der Waals surface area contributed by atoms with Crippen molar-refractivity contribution >= 4 is 27.7 Å². The fourth-order valence-corrected chi connectivity index (χ4v) is 4.60. The highest BCUT2D eigenvalue weighted by atomic mass is 32.2. The van der Waals surface area contributed by atoms with Crippen molar-refractivity contribution in [3.63, 3.8) is 0 Å². The van der Waals surface area contributed by atoms with E-state index >= 15 is 0 Å². The van der Waals surface area contributed by atoms with E-state index < -0.39 is 10.0 Å². The summed E-state index contributed by atoms with van der Waals surface area (Å²) in [7, 11) is -0.534. The van der Waals surface area contributed by atoms with Crippen molar-refractivity contribution in [1.82, 2.24) is 14.6 Å². The molecule has 1 atom stereocenters. The minimum atomic E-state index is -3.49. The first-order valence-corrected chi connectivity index (χ1v) is 11.2. The van der Waals surface area contributed by atoms with Crippen LogP contribution in [0.3, 0.4) is 0 Å². The maximum Gasteiger partial charge on any atom is 0.244 e. The molecule has 1 aliphatic carbocycles. The molecule has 8 heteroatoms. The van der Waals surface area contributed by atoms with E-state index in [4.69, 9.17) is 0 Å². The van der Waals surface area contributed by atoms with Gasteiger partial charge in [-0.05, 0) is 42.5 Å². The number of benzene rings is 1. The molecule has 1 N–H and O–H groups in total. The Morgan fingerprint density at radius 3 is 2.74 bits per heavy atom. The number of nitrogens with zero attached hydrogens (tertiary/aromatic N) is 2. The van der Waals surface area contributed by atoms with E-state index in [1.165, 1.54) is 49.2 Å². The maximum atomic E-state index is 12.3. The average Bonchev–Trinajstić information content (AvgIpc) is 2.67. The van der Waals surface area contributed by atoms with Crippen LogP contribution in [0.5, 0.6) is 0 Å². The summed E-state index contributed by atoms with van der Waals surface area (Å²) in [5.74, 6) is 0.194. The van der Waals surface area contributed by atoms with Gasteiger partial charge in [-0.1, -0.05) is 36.0 Å². The third-order valence-electron chi connectivity index (χ3n) is 4.54. The number of sulfonamides is 1. The molecule has 27 heavy (non-hydrogen) atoms. The molecule has 0 spiro atoms. The summed E-state index contributed by atoms with van der Waals surface area (Å²) in [5, 5.41) is 3.72. The van der Waals surface area contributed by atoms with Crippen LogP contribution >= 0.6 is 11.8 Å². The van der Waals surface area contributed by atoms with Gasteiger partial charge in [0.25, 0.3) is 0 Å². The first-order chi connectivity index (χ1) is 12.9. The molecule has 1 amide bonds. The van der Waals surface area contributed by atoms with E-state index in [0.717, 1.165) is 23.6 Å². The van der Waals surface area contributed by atoms with Gasteiger partial charge in [-0.25, -0.2) is 17.7 Å². The molecule has 1 aromatic carbocycles. The first kappa shape index (κ1) is 19.9. The van der Waals surface area contributed by atoms with Gasteiger partial charge < -0.3 is 5.32 Å². The zero-order chi connectivity index (χ0) is 19.4. The van der Waals surface area contributed by atoms with Crippen LogP contribution in [0, 0.1) is 0 Å². The maximum absolute atomic E-state index is 12.3. The van der Waals surface area contributed by atoms with Crippen molar-refractivity contribution in [2.24, 2.45) is 0 Å². The summed E-state index contributed by atoms with van der Waals surface area (Å²) in [6.45, 7) is 0. The second kappa shape index (κ2) is 8.41. The number of carbonyl (C=O) groups excluding carboxylic acids is 1. The summed E-state index contributed by atoms with van der Waals surface area (Å²) >= 11 is 1.29. The standard InChI is InChI=1S/C19H23N3O3S2/c1-22(2)27(24,25)15-10-11-19(20-12-15)26-13-18(23)21-17-9-5-7-14-6-3-4-8-16(14)17/h3-4,6,8,10-12,17H,5,7,9,13H2,1-2H3,(H,21,23)/t17-/m0/s1. The second-order valence-electron chi connectivity index (χ2n) is 6.62. The number of nitrogens with one attached hydrogen (secondary N) is 1. The van der Waals surface area contributed by atoms with E-state index in [1.807, 2.05) is 12.1 Å². The Balaban J connectivity index is 1.57. The Labute approximate surface area is 164 Å². The summed E-state index contributed by atoms with van der Waals surface area (Å²) in [5.41, 5.74) is 2.51. The number of rotatable bonds is 6. The lowest BCUT2D eigenvalue weighted by atomic mass is 9.88. The van der Waals surface area contributed by atoms with E-state index in [9.17, 15) is 13.2 Å². The molecular weight excluding hydrogens is 382 g/mol. The highest BCUT2D eigenvalue weighted by Gasteiger charge is 2.21. The average molecular weight is 406 g/mol. The van der Waals surface area contributed by atoms with Crippen molar-refractivity contribution in [1.29, 1.82) is 0 Å². The number of aryl methyl sites for hydroxylation is 1. The molecular formula is C19H23N3O3S2. The van der Waals surface area contributed by atoms with Gasteiger partial charge in [0.1, 0.15) is 4.90 Å². The van der Waals surface area contributed by atoms with Gasteiger partial charge >= 0.3 is 0 Å². The van der Waals surface area contributed by atoms with Crippen molar-refractivity contribution < 1.29 is 13.2 Å². The normalized spacial score (nSPS) is 16.8. The van der Waals surface area contributed by atoms with Gasteiger partial charge in [-0.3, -0.25) is 4.79 Å². The Morgan fingerprint density at radius 1 is 1.26 bits per heavy atom.